The first-order valence-electron chi connectivity index (χ1n) is 7.65. The lowest BCUT2D eigenvalue weighted by Crippen LogP contribution is -2.23. The molecule has 2 aromatic carbocycles. The molecule has 2 aromatic rings. The minimum absolute atomic E-state index is 0.0905. The van der Waals surface area contributed by atoms with Gasteiger partial charge in [0.05, 0.1) is 25.6 Å². The van der Waals surface area contributed by atoms with Crippen molar-refractivity contribution in [1.82, 2.24) is 0 Å². The predicted molar refractivity (Wildman–Crippen MR) is 95.1 cm³/mol. The number of hydrogen-bond donors (Lipinski definition) is 0. The molecular weight excluding hydrogens is 286 g/mol. The van der Waals surface area contributed by atoms with E-state index < -0.39 is 0 Å². The molecule has 0 N–H and O–H groups in total. The summed E-state index contributed by atoms with van der Waals surface area (Å²) in [6, 6.07) is 14.1. The number of ether oxygens (including phenoxy) is 2. The number of aliphatic imine (C=N–C) groups is 1. The van der Waals surface area contributed by atoms with E-state index in [1.165, 1.54) is 5.56 Å². The van der Waals surface area contributed by atoms with Gasteiger partial charge in [-0.25, -0.2) is 0 Å². The van der Waals surface area contributed by atoms with Crippen LogP contribution in [0.1, 0.15) is 25.0 Å². The lowest BCUT2D eigenvalue weighted by atomic mass is 9.81. The summed E-state index contributed by atoms with van der Waals surface area (Å²) in [5.41, 5.74) is 4.28. The number of hydrogen-bond acceptors (Lipinski definition) is 3. The lowest BCUT2D eigenvalue weighted by molar-refractivity contribution is 0.394. The molecule has 0 aromatic heterocycles. The Hall–Kier alpha value is -2.55. The summed E-state index contributed by atoms with van der Waals surface area (Å²) < 4.78 is 10.7. The average Bonchev–Trinajstić information content (AvgIpc) is 2.83. The second-order valence-corrected chi connectivity index (χ2v) is 6.08. The average molecular weight is 307 g/mol. The smallest absolute Gasteiger partial charge is 0.129 e. The van der Waals surface area contributed by atoms with Gasteiger partial charge in [-0.1, -0.05) is 32.0 Å². The van der Waals surface area contributed by atoms with Crippen molar-refractivity contribution in [3.63, 3.8) is 0 Å². The number of methoxy groups -OCH3 is 2. The normalized spacial score (nSPS) is 15.4. The molecule has 0 saturated heterocycles. The molecule has 1 heterocycles. The summed E-state index contributed by atoms with van der Waals surface area (Å²) in [4.78, 5) is 4.77. The molecule has 3 rings (SSSR count). The van der Waals surface area contributed by atoms with Crippen molar-refractivity contribution in [3.05, 3.63) is 59.7 Å². The van der Waals surface area contributed by atoms with Crippen molar-refractivity contribution in [1.29, 1.82) is 0 Å². The second-order valence-electron chi connectivity index (χ2n) is 6.08. The maximum absolute atomic E-state index is 5.45. The van der Waals surface area contributed by atoms with Gasteiger partial charge < -0.3 is 9.47 Å². The number of fused-ring (bicyclic) bond motifs is 1. The molecular formula is C20H21NO2. The van der Waals surface area contributed by atoms with Gasteiger partial charge in [-0.2, -0.15) is 0 Å². The van der Waals surface area contributed by atoms with Crippen LogP contribution >= 0.6 is 0 Å². The van der Waals surface area contributed by atoms with E-state index >= 15 is 0 Å². The molecule has 1 aliphatic rings. The van der Waals surface area contributed by atoms with Crippen LogP contribution in [0, 0.1) is 0 Å². The predicted octanol–water partition coefficient (Wildman–Crippen LogP) is 4.78. The Morgan fingerprint density at radius 2 is 1.74 bits per heavy atom. The van der Waals surface area contributed by atoms with Crippen molar-refractivity contribution >= 4 is 17.5 Å². The van der Waals surface area contributed by atoms with E-state index in [0.29, 0.717) is 0 Å². The summed E-state index contributed by atoms with van der Waals surface area (Å²) >= 11 is 0. The Balaban J connectivity index is 1.93. The number of rotatable bonds is 4. The maximum Gasteiger partial charge on any atom is 0.129 e. The maximum atomic E-state index is 5.45. The first-order valence-corrected chi connectivity index (χ1v) is 7.65. The van der Waals surface area contributed by atoms with Gasteiger partial charge in [-0.3, -0.25) is 4.99 Å². The van der Waals surface area contributed by atoms with Crippen LogP contribution in [0.2, 0.25) is 0 Å². The summed E-state index contributed by atoms with van der Waals surface area (Å²) in [6.45, 7) is 4.40. The third-order valence-corrected chi connectivity index (χ3v) is 4.32. The summed E-state index contributed by atoms with van der Waals surface area (Å²) in [5.74, 6) is 1.57. The zero-order chi connectivity index (χ0) is 16.4. The van der Waals surface area contributed by atoms with Crippen LogP contribution in [0.3, 0.4) is 0 Å². The monoisotopic (exact) mass is 307 g/mol. The Bertz CT molecular complexity index is 788. The standard InChI is InChI=1S/C20H21NO2/c1-20(2)16-7-5-6-8-17(16)21-19(20)12-10-14-9-11-15(22-3)13-18(14)23-4/h5-13H,1-4H3/b12-10+. The van der Waals surface area contributed by atoms with Crippen molar-refractivity contribution in [3.8, 4) is 11.5 Å². The van der Waals surface area contributed by atoms with Crippen LogP contribution in [-0.2, 0) is 5.41 Å². The van der Waals surface area contributed by atoms with Gasteiger partial charge in [0.25, 0.3) is 0 Å². The molecule has 3 heteroatoms. The molecule has 0 aliphatic carbocycles. The Kier molecular flexibility index (Phi) is 3.95. The van der Waals surface area contributed by atoms with E-state index in [4.69, 9.17) is 14.5 Å². The molecule has 0 atom stereocenters. The quantitative estimate of drug-likeness (QED) is 0.813. The Morgan fingerprint density at radius 3 is 2.43 bits per heavy atom. The Labute approximate surface area is 137 Å². The Morgan fingerprint density at radius 1 is 0.957 bits per heavy atom. The van der Waals surface area contributed by atoms with E-state index in [0.717, 1.165) is 28.5 Å². The zero-order valence-corrected chi connectivity index (χ0v) is 14.0. The van der Waals surface area contributed by atoms with Crippen molar-refractivity contribution < 1.29 is 9.47 Å². The van der Waals surface area contributed by atoms with E-state index in [1.807, 2.05) is 30.3 Å². The van der Waals surface area contributed by atoms with Gasteiger partial charge in [0.15, 0.2) is 0 Å². The highest BCUT2D eigenvalue weighted by Gasteiger charge is 2.32. The molecule has 3 nitrogen and oxygen atoms in total. The van der Waals surface area contributed by atoms with Gasteiger partial charge >= 0.3 is 0 Å². The molecule has 0 unspecified atom stereocenters. The van der Waals surface area contributed by atoms with E-state index in [2.05, 4.69) is 38.1 Å². The van der Waals surface area contributed by atoms with Crippen LogP contribution in [0.4, 0.5) is 5.69 Å². The second kappa shape index (κ2) is 5.92. The van der Waals surface area contributed by atoms with Crippen LogP contribution < -0.4 is 9.47 Å². The summed E-state index contributed by atoms with van der Waals surface area (Å²) in [6.07, 6.45) is 4.12. The van der Waals surface area contributed by atoms with Crippen LogP contribution in [0.25, 0.3) is 6.08 Å². The highest BCUT2D eigenvalue weighted by atomic mass is 16.5. The number of allylic oxidation sites excluding steroid dienone is 1. The fourth-order valence-corrected chi connectivity index (χ4v) is 2.88. The van der Waals surface area contributed by atoms with E-state index in [-0.39, 0.29) is 5.41 Å². The van der Waals surface area contributed by atoms with Crippen LogP contribution in [0.15, 0.2) is 53.5 Å². The highest BCUT2D eigenvalue weighted by molar-refractivity contribution is 6.10. The number of nitrogens with zero attached hydrogens (tertiary/aromatic N) is 1. The number of para-hydroxylation sites is 1. The van der Waals surface area contributed by atoms with Crippen molar-refractivity contribution in [2.24, 2.45) is 4.99 Å². The topological polar surface area (TPSA) is 30.8 Å². The lowest BCUT2D eigenvalue weighted by Gasteiger charge is -2.20. The van der Waals surface area contributed by atoms with Gasteiger partial charge in [0.2, 0.25) is 0 Å². The van der Waals surface area contributed by atoms with Crippen molar-refractivity contribution in [2.45, 2.75) is 19.3 Å². The molecule has 0 fully saturated rings. The molecule has 0 radical (unpaired) electrons. The SMILES string of the molecule is COc1ccc(/C=C/C2=Nc3ccccc3C2(C)C)c(OC)c1. The third-order valence-electron chi connectivity index (χ3n) is 4.32. The molecule has 0 amide bonds. The molecule has 118 valence electrons. The van der Waals surface area contributed by atoms with Crippen LogP contribution in [-0.4, -0.2) is 19.9 Å². The fraction of sp³-hybridized carbons (Fsp3) is 0.250. The number of benzene rings is 2. The van der Waals surface area contributed by atoms with Gasteiger partial charge in [0.1, 0.15) is 11.5 Å². The minimum atomic E-state index is -0.0905. The highest BCUT2D eigenvalue weighted by Crippen LogP contribution is 2.40. The van der Waals surface area contributed by atoms with Crippen molar-refractivity contribution in [2.75, 3.05) is 14.2 Å². The molecule has 0 saturated carbocycles. The van der Waals surface area contributed by atoms with Gasteiger partial charge in [-0.15, -0.1) is 0 Å². The van der Waals surface area contributed by atoms with Gasteiger partial charge in [0, 0.05) is 17.0 Å². The largest absolute Gasteiger partial charge is 0.497 e. The van der Waals surface area contributed by atoms with E-state index in [9.17, 15) is 0 Å². The summed E-state index contributed by atoms with van der Waals surface area (Å²) in [7, 11) is 3.32. The third kappa shape index (κ3) is 2.74. The molecule has 0 spiro atoms. The van der Waals surface area contributed by atoms with E-state index in [1.54, 1.807) is 14.2 Å². The molecule has 0 bridgehead atoms. The minimum Gasteiger partial charge on any atom is -0.497 e. The zero-order valence-electron chi connectivity index (χ0n) is 14.0. The first-order chi connectivity index (χ1) is 11.1. The van der Waals surface area contributed by atoms with Gasteiger partial charge in [-0.05, 0) is 35.9 Å². The van der Waals surface area contributed by atoms with Crippen LogP contribution in [0.5, 0.6) is 11.5 Å². The summed E-state index contributed by atoms with van der Waals surface area (Å²) in [5, 5.41) is 0. The molecule has 1 aliphatic heterocycles. The fourth-order valence-electron chi connectivity index (χ4n) is 2.88. The first kappa shape index (κ1) is 15.3. The molecule has 23 heavy (non-hydrogen) atoms.